The second kappa shape index (κ2) is 7.92. The molecular weight excluding hydrogens is 378 g/mol. The maximum atomic E-state index is 11.8. The molecule has 0 N–H and O–H groups in total. The van der Waals surface area contributed by atoms with Crippen LogP contribution >= 0.6 is 0 Å². The van der Waals surface area contributed by atoms with E-state index >= 15 is 0 Å². The molecule has 0 unspecified atom stereocenters. The van der Waals surface area contributed by atoms with Gasteiger partial charge in [-0.1, -0.05) is 13.3 Å². The molecule has 0 fully saturated rings. The van der Waals surface area contributed by atoms with Gasteiger partial charge in [-0.3, -0.25) is 10.1 Å². The first kappa shape index (κ1) is 18.9. The van der Waals surface area contributed by atoms with E-state index in [0.717, 1.165) is 23.8 Å². The zero-order valence-corrected chi connectivity index (χ0v) is 15.8. The Morgan fingerprint density at radius 3 is 2.83 bits per heavy atom. The molecule has 1 aliphatic rings. The lowest BCUT2D eigenvalue weighted by molar-refractivity contribution is -0.385. The third kappa shape index (κ3) is 3.93. The van der Waals surface area contributed by atoms with Crippen molar-refractivity contribution in [2.75, 3.05) is 6.79 Å². The lowest BCUT2D eigenvalue weighted by atomic mass is 10.1. The summed E-state index contributed by atoms with van der Waals surface area (Å²) in [7, 11) is 0. The normalized spacial score (nSPS) is 13.0. The fraction of sp³-hybridized carbons (Fsp3) is 0.286. The van der Waals surface area contributed by atoms with Crippen molar-refractivity contribution in [3.8, 4) is 11.5 Å². The zero-order valence-electron chi connectivity index (χ0n) is 15.8. The molecule has 8 heteroatoms. The summed E-state index contributed by atoms with van der Waals surface area (Å²) >= 11 is 0. The molecule has 0 spiro atoms. The summed E-state index contributed by atoms with van der Waals surface area (Å²) in [5.74, 6) is 1.03. The monoisotopic (exact) mass is 397 g/mol. The van der Waals surface area contributed by atoms with Gasteiger partial charge in [0.05, 0.1) is 11.5 Å². The van der Waals surface area contributed by atoms with Crippen molar-refractivity contribution >= 4 is 16.7 Å². The molecule has 1 aliphatic heterocycles. The highest BCUT2D eigenvalue weighted by atomic mass is 16.7. The molecule has 0 radical (unpaired) electrons. The van der Waals surface area contributed by atoms with Crippen LogP contribution < -0.4 is 15.1 Å². The van der Waals surface area contributed by atoms with Crippen LogP contribution in [-0.4, -0.2) is 11.7 Å². The second-order valence-corrected chi connectivity index (χ2v) is 6.75. The molecule has 1 aromatic heterocycles. The summed E-state index contributed by atoms with van der Waals surface area (Å²) in [5.41, 5.74) is 2.09. The van der Waals surface area contributed by atoms with Gasteiger partial charge in [0.25, 0.3) is 5.69 Å². The Labute approximate surface area is 165 Å². The van der Waals surface area contributed by atoms with Crippen LogP contribution in [0.2, 0.25) is 0 Å². The minimum Gasteiger partial charge on any atom is -0.489 e. The molecule has 0 bridgehead atoms. The SMILES string of the molecule is CCCc1cc(=O)oc2cc(OCc3cc([N+](=O)[O-])cc4c3OCOC4)ccc12. The molecule has 3 aromatic rings. The van der Waals surface area contributed by atoms with Crippen molar-refractivity contribution in [2.45, 2.75) is 33.0 Å². The van der Waals surface area contributed by atoms with Crippen LogP contribution in [0, 0.1) is 10.1 Å². The van der Waals surface area contributed by atoms with Gasteiger partial charge in [0.2, 0.25) is 0 Å². The Morgan fingerprint density at radius 1 is 1.17 bits per heavy atom. The van der Waals surface area contributed by atoms with Crippen molar-refractivity contribution in [1.82, 2.24) is 0 Å². The van der Waals surface area contributed by atoms with Crippen molar-refractivity contribution in [3.05, 3.63) is 73.6 Å². The van der Waals surface area contributed by atoms with Crippen LogP contribution in [-0.2, 0) is 24.4 Å². The molecule has 0 aliphatic carbocycles. The van der Waals surface area contributed by atoms with E-state index in [0.29, 0.717) is 28.2 Å². The van der Waals surface area contributed by atoms with Crippen molar-refractivity contribution in [3.63, 3.8) is 0 Å². The molecule has 2 aromatic carbocycles. The molecular formula is C21H19NO7. The molecule has 150 valence electrons. The molecule has 0 atom stereocenters. The number of hydrogen-bond donors (Lipinski definition) is 0. The average Bonchev–Trinajstić information content (AvgIpc) is 2.71. The molecule has 0 amide bonds. The minimum absolute atomic E-state index is 0.0508. The average molecular weight is 397 g/mol. The van der Waals surface area contributed by atoms with E-state index in [2.05, 4.69) is 0 Å². The Kier molecular flexibility index (Phi) is 5.18. The van der Waals surface area contributed by atoms with E-state index in [1.54, 1.807) is 12.1 Å². The Bertz CT molecular complexity index is 1140. The second-order valence-electron chi connectivity index (χ2n) is 6.75. The van der Waals surface area contributed by atoms with Crippen LogP contribution in [0.4, 0.5) is 5.69 Å². The van der Waals surface area contributed by atoms with E-state index in [4.69, 9.17) is 18.6 Å². The maximum Gasteiger partial charge on any atom is 0.336 e. The number of nitrogens with zero attached hydrogens (tertiary/aromatic N) is 1. The van der Waals surface area contributed by atoms with Gasteiger partial charge in [0.1, 0.15) is 23.7 Å². The Morgan fingerprint density at radius 2 is 2.03 bits per heavy atom. The summed E-state index contributed by atoms with van der Waals surface area (Å²) in [5, 5.41) is 12.1. The van der Waals surface area contributed by atoms with Crippen LogP contribution in [0.1, 0.15) is 30.0 Å². The zero-order chi connectivity index (χ0) is 20.4. The van der Waals surface area contributed by atoms with Gasteiger partial charge in [-0.2, -0.15) is 0 Å². The topological polar surface area (TPSA) is 101 Å². The van der Waals surface area contributed by atoms with Gasteiger partial charge in [-0.05, 0) is 24.1 Å². The van der Waals surface area contributed by atoms with Crippen LogP contribution in [0.5, 0.6) is 11.5 Å². The van der Waals surface area contributed by atoms with Crippen LogP contribution in [0.25, 0.3) is 11.0 Å². The lowest BCUT2D eigenvalue weighted by Crippen LogP contribution is -2.14. The molecule has 0 saturated heterocycles. The van der Waals surface area contributed by atoms with E-state index < -0.39 is 10.5 Å². The quantitative estimate of drug-likeness (QED) is 0.351. The maximum absolute atomic E-state index is 11.8. The number of benzene rings is 2. The third-order valence-corrected chi connectivity index (χ3v) is 4.70. The fourth-order valence-electron chi connectivity index (χ4n) is 3.43. The summed E-state index contributed by atoms with van der Waals surface area (Å²) in [6.07, 6.45) is 1.69. The molecule has 29 heavy (non-hydrogen) atoms. The first-order chi connectivity index (χ1) is 14.0. The third-order valence-electron chi connectivity index (χ3n) is 4.70. The number of rotatable bonds is 6. The number of non-ortho nitro benzene ring substituents is 1. The predicted octanol–water partition coefficient (Wildman–Crippen LogP) is 4.10. The number of fused-ring (bicyclic) bond motifs is 2. The summed E-state index contributed by atoms with van der Waals surface area (Å²) in [4.78, 5) is 22.6. The lowest BCUT2D eigenvalue weighted by Gasteiger charge is -2.20. The Hall–Kier alpha value is -3.39. The number of nitro groups is 1. The van der Waals surface area contributed by atoms with E-state index in [-0.39, 0.29) is 25.7 Å². The standard InChI is InChI=1S/C21H19NO7/c1-2-3-13-8-20(23)29-19-9-17(4-5-18(13)19)27-11-15-7-16(22(24)25)6-14-10-26-12-28-21(14)15/h4-9H,2-3,10-12H2,1H3. The smallest absolute Gasteiger partial charge is 0.336 e. The number of ether oxygens (including phenoxy) is 3. The van der Waals surface area contributed by atoms with Gasteiger partial charge in [-0.25, -0.2) is 4.79 Å². The molecule has 8 nitrogen and oxygen atoms in total. The van der Waals surface area contributed by atoms with Crippen molar-refractivity contribution in [1.29, 1.82) is 0 Å². The molecule has 0 saturated carbocycles. The first-order valence-corrected chi connectivity index (χ1v) is 9.25. The van der Waals surface area contributed by atoms with Crippen LogP contribution in [0.15, 0.2) is 45.6 Å². The number of hydrogen-bond acceptors (Lipinski definition) is 7. The molecule has 2 heterocycles. The molecule has 4 rings (SSSR count). The Balaban J connectivity index is 1.64. The first-order valence-electron chi connectivity index (χ1n) is 9.25. The minimum atomic E-state index is -0.460. The van der Waals surface area contributed by atoms with Crippen molar-refractivity contribution in [2.24, 2.45) is 0 Å². The van der Waals surface area contributed by atoms with Crippen molar-refractivity contribution < 1.29 is 23.6 Å². The summed E-state index contributed by atoms with van der Waals surface area (Å²) in [6, 6.07) is 9.69. The van der Waals surface area contributed by atoms with Gasteiger partial charge in [-0.15, -0.1) is 0 Å². The summed E-state index contributed by atoms with van der Waals surface area (Å²) < 4.78 is 21.9. The number of nitro benzene ring substituents is 1. The van der Waals surface area contributed by atoms with E-state index in [9.17, 15) is 14.9 Å². The fourth-order valence-corrected chi connectivity index (χ4v) is 3.43. The predicted molar refractivity (Wildman–Crippen MR) is 104 cm³/mol. The summed E-state index contributed by atoms with van der Waals surface area (Å²) in [6.45, 7) is 2.43. The van der Waals surface area contributed by atoms with Gasteiger partial charge in [0, 0.05) is 40.8 Å². The van der Waals surface area contributed by atoms with Gasteiger partial charge < -0.3 is 18.6 Å². The van der Waals surface area contributed by atoms with Gasteiger partial charge >= 0.3 is 5.63 Å². The van der Waals surface area contributed by atoms with Crippen LogP contribution in [0.3, 0.4) is 0 Å². The largest absolute Gasteiger partial charge is 0.489 e. The highest BCUT2D eigenvalue weighted by molar-refractivity contribution is 5.81. The van der Waals surface area contributed by atoms with E-state index in [1.165, 1.54) is 18.2 Å². The highest BCUT2D eigenvalue weighted by Gasteiger charge is 2.21. The van der Waals surface area contributed by atoms with Gasteiger partial charge in [0.15, 0.2) is 6.79 Å². The highest BCUT2D eigenvalue weighted by Crippen LogP contribution is 2.33. The van der Waals surface area contributed by atoms with E-state index in [1.807, 2.05) is 13.0 Å². The number of aryl methyl sites for hydroxylation is 1.